The maximum atomic E-state index is 5.59. The monoisotopic (exact) mass is 880 g/mol. The fourth-order valence-electron chi connectivity index (χ4n) is 14.7. The molecule has 4 heteroatoms. The Morgan fingerprint density at radius 3 is 1.38 bits per heavy atom. The van der Waals surface area contributed by atoms with Gasteiger partial charge in [-0.3, -0.25) is 9.97 Å². The number of rotatable bonds is 0. The van der Waals surface area contributed by atoms with E-state index >= 15 is 0 Å². The highest BCUT2D eigenvalue weighted by molar-refractivity contribution is 6.32. The van der Waals surface area contributed by atoms with E-state index in [0.29, 0.717) is 0 Å². The molecule has 2 bridgehead atoms. The van der Waals surface area contributed by atoms with E-state index in [1.54, 1.807) is 0 Å². The number of benzene rings is 6. The Bertz CT molecular complexity index is 4260. The quantitative estimate of drug-likeness (QED) is 0.152. The molecular weight excluding hydrogens is 825 g/mol. The van der Waals surface area contributed by atoms with Crippen molar-refractivity contribution < 1.29 is 0 Å². The van der Waals surface area contributed by atoms with Crippen molar-refractivity contribution in [3.05, 3.63) is 188 Å². The molecule has 6 heterocycles. The van der Waals surface area contributed by atoms with E-state index in [-0.39, 0.29) is 33.5 Å². The molecule has 0 aliphatic heterocycles. The third kappa shape index (κ3) is 4.29. The largest absolute Gasteiger partial charge is 0.306 e. The van der Waals surface area contributed by atoms with Crippen molar-refractivity contribution in [2.24, 2.45) is 0 Å². The van der Waals surface area contributed by atoms with Gasteiger partial charge >= 0.3 is 0 Å². The zero-order valence-corrected chi connectivity index (χ0v) is 41.3. The van der Waals surface area contributed by atoms with Crippen molar-refractivity contribution >= 4 is 76.2 Å². The highest BCUT2D eigenvalue weighted by atomic mass is 15.0. The number of hydrogen-bond donors (Lipinski definition) is 0. The van der Waals surface area contributed by atoms with Gasteiger partial charge in [-0.25, -0.2) is 0 Å². The highest BCUT2D eigenvalue weighted by Crippen LogP contribution is 2.60. The predicted octanol–water partition coefficient (Wildman–Crippen LogP) is 15.9. The molecule has 0 saturated carbocycles. The molecule has 0 radical (unpaired) electrons. The van der Waals surface area contributed by atoms with Gasteiger partial charge in [-0.1, -0.05) is 142 Å². The van der Waals surface area contributed by atoms with E-state index in [0.717, 1.165) is 0 Å². The summed E-state index contributed by atoms with van der Waals surface area (Å²) in [5.41, 5.74) is 26.1. The van der Waals surface area contributed by atoms with Gasteiger partial charge in [0.1, 0.15) is 0 Å². The maximum absolute atomic E-state index is 5.59. The van der Waals surface area contributed by atoms with Crippen molar-refractivity contribution in [2.45, 2.75) is 117 Å². The van der Waals surface area contributed by atoms with Crippen LogP contribution in [0.1, 0.15) is 159 Å². The fraction of sp³-hybridized carbons (Fsp3) is 0.281. The van der Waals surface area contributed by atoms with Crippen LogP contribution in [0.15, 0.2) is 109 Å². The lowest BCUT2D eigenvalue weighted by atomic mass is 9.61. The summed E-state index contributed by atoms with van der Waals surface area (Å²) in [6.07, 6.45) is 4.47. The van der Waals surface area contributed by atoms with Crippen LogP contribution in [0, 0.1) is 13.8 Å². The molecule has 0 unspecified atom stereocenters. The lowest BCUT2D eigenvalue weighted by Gasteiger charge is -2.43. The first-order valence-corrected chi connectivity index (χ1v) is 24.9. The van der Waals surface area contributed by atoms with Gasteiger partial charge in [0.05, 0.1) is 62.8 Å². The van der Waals surface area contributed by atoms with Gasteiger partial charge in [-0.15, -0.1) is 0 Å². The lowest BCUT2D eigenvalue weighted by Crippen LogP contribution is -2.37. The summed E-state index contributed by atoms with van der Waals surface area (Å²) in [6.45, 7) is 28.7. The normalized spacial score (nSPS) is 18.2. The topological polar surface area (TPSA) is 34.6 Å². The third-order valence-corrected chi connectivity index (χ3v) is 17.8. The van der Waals surface area contributed by atoms with Crippen LogP contribution in [0.4, 0.5) is 0 Å². The van der Waals surface area contributed by atoms with Crippen LogP contribution in [0.5, 0.6) is 0 Å². The van der Waals surface area contributed by atoms with Gasteiger partial charge in [0.15, 0.2) is 0 Å². The van der Waals surface area contributed by atoms with Gasteiger partial charge < -0.3 is 8.80 Å². The molecule has 16 rings (SSSR count). The lowest BCUT2D eigenvalue weighted by molar-refractivity contribution is 0.510. The van der Waals surface area contributed by atoms with Crippen LogP contribution in [0.2, 0.25) is 0 Å². The molecule has 0 atom stereocenters. The van der Waals surface area contributed by atoms with Crippen molar-refractivity contribution in [3.8, 4) is 0 Å². The molecule has 0 amide bonds. The van der Waals surface area contributed by atoms with Crippen LogP contribution in [-0.2, 0) is 21.7 Å². The maximum Gasteiger partial charge on any atom is 0.0728 e. The fourth-order valence-corrected chi connectivity index (χ4v) is 14.7. The van der Waals surface area contributed by atoms with Crippen molar-refractivity contribution in [3.63, 3.8) is 0 Å². The number of fused-ring (bicyclic) bond motifs is 15. The minimum atomic E-state index is -0.254. The SMILES string of the molecule is Cc1c2c3cc(C(C)(C)C)cc4c5c6c(ncc5n(c2c(C)c2c5cc(C(C)(C)C)cc7c8c9c(ncc8n(c12)c75)C(C)(C)c1ccccc1C9(C)C)c43)C1c2ccccc2C6c2ccccc21. The Balaban J connectivity index is 1.14. The average molecular weight is 881 g/mol. The molecule has 12 aromatic rings. The summed E-state index contributed by atoms with van der Waals surface area (Å²) >= 11 is 0. The van der Waals surface area contributed by atoms with Crippen LogP contribution in [-0.4, -0.2) is 18.8 Å². The Kier molecular flexibility index (Phi) is 6.87. The molecule has 4 aliphatic rings. The average Bonchev–Trinajstić information content (AvgIpc) is 4.05. The minimum absolute atomic E-state index is 0.0696. The molecule has 0 spiro atoms. The Morgan fingerprint density at radius 1 is 0.471 bits per heavy atom. The summed E-state index contributed by atoms with van der Waals surface area (Å²) < 4.78 is 5.29. The predicted molar refractivity (Wildman–Crippen MR) is 284 cm³/mol. The van der Waals surface area contributed by atoms with E-state index in [1.165, 1.54) is 154 Å². The van der Waals surface area contributed by atoms with Gasteiger partial charge in [-0.05, 0) is 116 Å². The van der Waals surface area contributed by atoms with E-state index < -0.39 is 0 Å². The Labute approximate surface area is 397 Å². The second-order valence-electron chi connectivity index (χ2n) is 24.2. The van der Waals surface area contributed by atoms with Gasteiger partial charge in [0.2, 0.25) is 0 Å². The van der Waals surface area contributed by atoms with Gasteiger partial charge in [0, 0.05) is 59.8 Å². The molecule has 0 N–H and O–H groups in total. The van der Waals surface area contributed by atoms with Crippen molar-refractivity contribution in [1.82, 2.24) is 18.8 Å². The molecule has 68 heavy (non-hydrogen) atoms. The number of aromatic nitrogens is 4. The molecule has 6 aromatic carbocycles. The summed E-state index contributed by atoms with van der Waals surface area (Å²) in [4.78, 5) is 11.2. The summed E-state index contributed by atoms with van der Waals surface area (Å²) in [5.74, 6) is 0.240. The first-order chi connectivity index (χ1) is 32.4. The zero-order valence-electron chi connectivity index (χ0n) is 41.3. The summed E-state index contributed by atoms with van der Waals surface area (Å²) in [7, 11) is 0. The molecule has 6 aromatic heterocycles. The minimum Gasteiger partial charge on any atom is -0.306 e. The Morgan fingerprint density at radius 2 is 0.882 bits per heavy atom. The van der Waals surface area contributed by atoms with Crippen LogP contribution in [0.25, 0.3) is 76.2 Å². The van der Waals surface area contributed by atoms with Gasteiger partial charge in [-0.2, -0.15) is 0 Å². The first kappa shape index (κ1) is 39.2. The standard InChI is InChI=1S/C64H56N4/c1-31-48-40-26-34(62(6,7)8)28-42-52-46(30-66-60-54(52)63(9,10)43-23-17-18-24-44(43)64(60,11)12)68(59(40)42)57(48)32(2)47-39-25-33(61(3,4)5)27-41-51-45(67(56(31)47)58(39)41)29-65-55-50-37-21-15-13-19-35(37)49(53(51)55)36-20-14-16-22-38(36)50/h13-30,49-50H,1-12H3. The van der Waals surface area contributed by atoms with E-state index in [4.69, 9.17) is 9.97 Å². The second kappa shape index (κ2) is 11.9. The van der Waals surface area contributed by atoms with Crippen LogP contribution >= 0.6 is 0 Å². The number of pyridine rings is 2. The van der Waals surface area contributed by atoms with E-state index in [1.807, 2.05) is 0 Å². The number of hydrogen-bond acceptors (Lipinski definition) is 2. The zero-order chi connectivity index (χ0) is 46.6. The molecule has 4 aliphatic carbocycles. The van der Waals surface area contributed by atoms with Crippen LogP contribution < -0.4 is 0 Å². The number of nitrogens with zero attached hydrogens (tertiary/aromatic N) is 4. The number of aryl methyl sites for hydroxylation is 2. The van der Waals surface area contributed by atoms with E-state index in [9.17, 15) is 0 Å². The van der Waals surface area contributed by atoms with Gasteiger partial charge in [0.25, 0.3) is 0 Å². The van der Waals surface area contributed by atoms with Crippen molar-refractivity contribution in [1.29, 1.82) is 0 Å². The second-order valence-corrected chi connectivity index (χ2v) is 24.2. The molecular formula is C64H56N4. The van der Waals surface area contributed by atoms with Crippen LogP contribution in [0.3, 0.4) is 0 Å². The molecule has 0 saturated heterocycles. The summed E-state index contributed by atoms with van der Waals surface area (Å²) in [5, 5.41) is 10.8. The van der Waals surface area contributed by atoms with Crippen molar-refractivity contribution in [2.75, 3.05) is 0 Å². The van der Waals surface area contributed by atoms with E-state index in [2.05, 4.69) is 201 Å². The molecule has 332 valence electrons. The third-order valence-electron chi connectivity index (χ3n) is 17.8. The highest BCUT2D eigenvalue weighted by Gasteiger charge is 2.46. The molecule has 4 nitrogen and oxygen atoms in total. The molecule has 0 fully saturated rings. The Hall–Kier alpha value is -6.78. The first-order valence-electron chi connectivity index (χ1n) is 24.9. The smallest absolute Gasteiger partial charge is 0.0728 e. The summed E-state index contributed by atoms with van der Waals surface area (Å²) in [6, 6.07) is 37.6.